The van der Waals surface area contributed by atoms with E-state index in [0.29, 0.717) is 0 Å². The van der Waals surface area contributed by atoms with Gasteiger partial charge >= 0.3 is 0 Å². The molecule has 0 saturated heterocycles. The van der Waals surface area contributed by atoms with Gasteiger partial charge in [0.15, 0.2) is 0 Å². The summed E-state index contributed by atoms with van der Waals surface area (Å²) in [6, 6.07) is 72.8. The predicted octanol–water partition coefficient (Wildman–Crippen LogP) is 15.5. The van der Waals surface area contributed by atoms with Crippen molar-refractivity contribution in [2.75, 3.05) is 4.90 Å². The monoisotopic (exact) mass is 730 g/mol. The number of aromatic nitrogens is 1. The average Bonchev–Trinajstić information content (AvgIpc) is 3.26. The van der Waals surface area contributed by atoms with Gasteiger partial charge in [0, 0.05) is 16.8 Å². The van der Waals surface area contributed by atoms with E-state index in [2.05, 4.69) is 226 Å². The van der Waals surface area contributed by atoms with Gasteiger partial charge in [-0.3, -0.25) is 4.90 Å². The first kappa shape index (κ1) is 34.5. The van der Waals surface area contributed by atoms with Crippen molar-refractivity contribution in [1.82, 2.24) is 4.98 Å². The minimum Gasteiger partial charge on any atom is -0.295 e. The van der Waals surface area contributed by atoms with Crippen LogP contribution in [0.5, 0.6) is 0 Å². The summed E-state index contributed by atoms with van der Waals surface area (Å²) in [5.41, 5.74) is 11.7. The Labute approximate surface area is 334 Å². The summed E-state index contributed by atoms with van der Waals surface area (Å²) in [5, 5.41) is 8.52. The SMILES string of the molecule is CC(C)(C)c1ccc(N(c2ccc3c(c2)c2ccccc2c2c(-c4ccccc4)cc(-c4ccccc4)c(-c4ccccc4)c32)c2ccc3ccccc3n2)cc1. The normalized spacial score (nSPS) is 11.8. The highest BCUT2D eigenvalue weighted by Crippen LogP contribution is 2.50. The van der Waals surface area contributed by atoms with Crippen LogP contribution in [0.3, 0.4) is 0 Å². The van der Waals surface area contributed by atoms with Gasteiger partial charge in [-0.15, -0.1) is 0 Å². The van der Waals surface area contributed by atoms with Gasteiger partial charge < -0.3 is 0 Å². The van der Waals surface area contributed by atoms with Gasteiger partial charge in [0.2, 0.25) is 0 Å². The molecule has 2 heteroatoms. The molecule has 2 nitrogen and oxygen atoms in total. The molecule has 10 rings (SSSR count). The number of para-hydroxylation sites is 1. The van der Waals surface area contributed by atoms with E-state index in [4.69, 9.17) is 4.98 Å². The lowest BCUT2D eigenvalue weighted by molar-refractivity contribution is 0.590. The molecule has 0 fully saturated rings. The van der Waals surface area contributed by atoms with E-state index in [1.165, 1.54) is 71.3 Å². The van der Waals surface area contributed by atoms with Crippen LogP contribution in [-0.4, -0.2) is 4.98 Å². The molecule has 0 unspecified atom stereocenters. The third kappa shape index (κ3) is 6.11. The van der Waals surface area contributed by atoms with Crippen LogP contribution in [0.1, 0.15) is 26.3 Å². The van der Waals surface area contributed by atoms with Crippen LogP contribution in [0, 0.1) is 0 Å². The van der Waals surface area contributed by atoms with Crippen LogP contribution >= 0.6 is 0 Å². The van der Waals surface area contributed by atoms with Gasteiger partial charge in [0.25, 0.3) is 0 Å². The first-order chi connectivity index (χ1) is 27.9. The molecule has 1 aromatic heterocycles. The third-order valence-corrected chi connectivity index (χ3v) is 11.4. The molecule has 0 atom stereocenters. The number of rotatable bonds is 6. The second kappa shape index (κ2) is 13.9. The summed E-state index contributed by atoms with van der Waals surface area (Å²) in [6.07, 6.45) is 0. The highest BCUT2D eigenvalue weighted by Gasteiger charge is 2.23. The number of anilines is 3. The molecule has 1 heterocycles. The van der Waals surface area contributed by atoms with E-state index in [-0.39, 0.29) is 5.41 Å². The fourth-order valence-electron chi connectivity index (χ4n) is 8.58. The minimum atomic E-state index is 0.0428. The molecule has 0 aliphatic carbocycles. The molecule has 0 amide bonds. The predicted molar refractivity (Wildman–Crippen MR) is 244 cm³/mol. The molecule has 0 radical (unpaired) electrons. The van der Waals surface area contributed by atoms with Crippen LogP contribution in [0.4, 0.5) is 17.2 Å². The zero-order valence-corrected chi connectivity index (χ0v) is 32.4. The topological polar surface area (TPSA) is 16.1 Å². The highest BCUT2D eigenvalue weighted by molar-refractivity contribution is 6.33. The molecule has 57 heavy (non-hydrogen) atoms. The van der Waals surface area contributed by atoms with Crippen LogP contribution in [0.15, 0.2) is 200 Å². The first-order valence-electron chi connectivity index (χ1n) is 19.8. The molecular weight excluding hydrogens is 689 g/mol. The molecule has 9 aromatic carbocycles. The molecule has 0 aliphatic rings. The molecule has 272 valence electrons. The third-order valence-electron chi connectivity index (χ3n) is 11.4. The molecule has 0 bridgehead atoms. The van der Waals surface area contributed by atoms with Crippen molar-refractivity contribution in [3.63, 3.8) is 0 Å². The van der Waals surface area contributed by atoms with Crippen molar-refractivity contribution in [3.05, 3.63) is 206 Å². The Morgan fingerprint density at radius 2 is 0.965 bits per heavy atom. The number of benzene rings is 9. The van der Waals surface area contributed by atoms with Gasteiger partial charge in [0.05, 0.1) is 5.52 Å². The maximum absolute atomic E-state index is 5.26. The number of fused-ring (bicyclic) bond motifs is 7. The van der Waals surface area contributed by atoms with Gasteiger partial charge in [-0.1, -0.05) is 172 Å². The molecule has 0 aliphatic heterocycles. The van der Waals surface area contributed by atoms with Crippen molar-refractivity contribution in [2.45, 2.75) is 26.2 Å². The number of hydrogen-bond donors (Lipinski definition) is 0. The Balaban J connectivity index is 1.33. The average molecular weight is 731 g/mol. The first-order valence-corrected chi connectivity index (χ1v) is 19.8. The van der Waals surface area contributed by atoms with Crippen LogP contribution in [0.25, 0.3) is 76.6 Å². The zero-order valence-electron chi connectivity index (χ0n) is 32.4. The van der Waals surface area contributed by atoms with E-state index in [1.807, 2.05) is 0 Å². The van der Waals surface area contributed by atoms with Crippen LogP contribution in [0.2, 0.25) is 0 Å². The maximum Gasteiger partial charge on any atom is 0.138 e. The van der Waals surface area contributed by atoms with E-state index in [9.17, 15) is 0 Å². The highest BCUT2D eigenvalue weighted by atomic mass is 15.2. The number of nitrogens with zero attached hydrogens (tertiary/aromatic N) is 2. The Hall–Kier alpha value is -7.03. The fourth-order valence-corrected chi connectivity index (χ4v) is 8.58. The standard InChI is InChI=1S/C55H42N2/c1-55(2,3)41-28-30-42(31-29-41)57(51-34-27-39-21-13-16-26-50(39)56-51)43-32-33-46-49(35-43)44-24-14-15-25-45(44)53-48(38-19-9-5-10-20-38)36-47(37-17-7-4-8-18-37)52(54(46)53)40-22-11-6-12-23-40/h4-36H,1-3H3. The quantitative estimate of drug-likeness (QED) is 0.158. The summed E-state index contributed by atoms with van der Waals surface area (Å²) < 4.78 is 0. The van der Waals surface area contributed by atoms with Crippen molar-refractivity contribution in [3.8, 4) is 33.4 Å². The molecule has 0 saturated carbocycles. The lowest BCUT2D eigenvalue weighted by Gasteiger charge is -2.27. The summed E-state index contributed by atoms with van der Waals surface area (Å²) in [6.45, 7) is 6.79. The van der Waals surface area contributed by atoms with Gasteiger partial charge in [-0.2, -0.15) is 0 Å². The number of pyridine rings is 1. The Bertz CT molecular complexity index is 3070. The lowest BCUT2D eigenvalue weighted by Crippen LogP contribution is -2.14. The van der Waals surface area contributed by atoms with E-state index >= 15 is 0 Å². The van der Waals surface area contributed by atoms with Crippen molar-refractivity contribution >= 4 is 60.4 Å². The second-order valence-corrected chi connectivity index (χ2v) is 16.0. The second-order valence-electron chi connectivity index (χ2n) is 16.0. The van der Waals surface area contributed by atoms with Crippen LogP contribution < -0.4 is 4.90 Å². The van der Waals surface area contributed by atoms with E-state index in [1.54, 1.807) is 0 Å². The number of hydrogen-bond acceptors (Lipinski definition) is 2. The van der Waals surface area contributed by atoms with Crippen molar-refractivity contribution < 1.29 is 0 Å². The summed E-state index contributed by atoms with van der Waals surface area (Å²) in [7, 11) is 0. The van der Waals surface area contributed by atoms with Crippen molar-refractivity contribution in [2.24, 2.45) is 0 Å². The smallest absolute Gasteiger partial charge is 0.138 e. The molecule has 10 aromatic rings. The summed E-state index contributed by atoms with van der Waals surface area (Å²) >= 11 is 0. The Morgan fingerprint density at radius 1 is 0.404 bits per heavy atom. The van der Waals surface area contributed by atoms with Gasteiger partial charge in [0.1, 0.15) is 5.82 Å². The van der Waals surface area contributed by atoms with Crippen LogP contribution in [-0.2, 0) is 5.41 Å². The maximum atomic E-state index is 5.26. The van der Waals surface area contributed by atoms with Gasteiger partial charge in [-0.25, -0.2) is 4.98 Å². The minimum absolute atomic E-state index is 0.0428. The largest absolute Gasteiger partial charge is 0.295 e. The molecule has 0 spiro atoms. The van der Waals surface area contributed by atoms with Crippen molar-refractivity contribution in [1.29, 1.82) is 0 Å². The van der Waals surface area contributed by atoms with Gasteiger partial charge in [-0.05, 0) is 125 Å². The Kier molecular flexibility index (Phi) is 8.42. The zero-order chi connectivity index (χ0) is 38.5. The van der Waals surface area contributed by atoms with E-state index < -0.39 is 0 Å². The summed E-state index contributed by atoms with van der Waals surface area (Å²) in [4.78, 5) is 7.57. The molecule has 0 N–H and O–H groups in total. The fraction of sp³-hybridized carbons (Fsp3) is 0.0727. The Morgan fingerprint density at radius 3 is 1.65 bits per heavy atom. The molecular formula is C55H42N2. The summed E-state index contributed by atoms with van der Waals surface area (Å²) in [5.74, 6) is 0.879. The van der Waals surface area contributed by atoms with E-state index in [0.717, 1.165) is 28.1 Å². The lowest BCUT2D eigenvalue weighted by atomic mass is 9.81.